The van der Waals surface area contributed by atoms with E-state index in [1.165, 1.54) is 6.07 Å². The van der Waals surface area contributed by atoms with Gasteiger partial charge in [0.15, 0.2) is 6.29 Å². The Balaban J connectivity index is 2.73. The molecule has 1 aromatic carbocycles. The molecule has 0 fully saturated rings. The summed E-state index contributed by atoms with van der Waals surface area (Å²) in [4.78, 5) is 11.0. The molecule has 2 rings (SSSR count). The molecule has 0 saturated carbocycles. The molecule has 0 aliphatic carbocycles. The van der Waals surface area contributed by atoms with E-state index in [1.54, 1.807) is 12.1 Å². The highest BCUT2D eigenvalue weighted by Gasteiger charge is 2.07. The summed E-state index contributed by atoms with van der Waals surface area (Å²) in [6, 6.07) is 4.88. The molecule has 0 aliphatic heterocycles. The van der Waals surface area contributed by atoms with Crippen LogP contribution in [0.1, 0.15) is 15.2 Å². The summed E-state index contributed by atoms with van der Waals surface area (Å²) < 4.78 is 13.9. The number of halogens is 2. The maximum absolute atomic E-state index is 13.4. The molecule has 0 atom stereocenters. The van der Waals surface area contributed by atoms with E-state index in [9.17, 15) is 9.18 Å². The Morgan fingerprint density at radius 1 is 1.43 bits per heavy atom. The van der Waals surface area contributed by atoms with Crippen LogP contribution in [0.5, 0.6) is 0 Å². The van der Waals surface area contributed by atoms with Crippen LogP contribution in [0.15, 0.2) is 18.2 Å². The lowest BCUT2D eigenvalue weighted by Crippen LogP contribution is -1.80. The fraction of sp³-hybridized carbons (Fsp3) is 0.100. The van der Waals surface area contributed by atoms with Gasteiger partial charge >= 0.3 is 0 Å². The Bertz CT molecular complexity index is 492. The average molecular weight is 229 g/mol. The highest BCUT2D eigenvalue weighted by atomic mass is 35.5. The lowest BCUT2D eigenvalue weighted by atomic mass is 10.2. The van der Waals surface area contributed by atoms with E-state index < -0.39 is 0 Å². The van der Waals surface area contributed by atoms with Gasteiger partial charge in [0.05, 0.1) is 9.58 Å². The second-order valence-corrected chi connectivity index (χ2v) is 4.25. The summed E-state index contributed by atoms with van der Waals surface area (Å²) in [5, 5.41) is 0.743. The summed E-state index contributed by atoms with van der Waals surface area (Å²) >= 11 is 6.76. The Kier molecular flexibility index (Phi) is 2.52. The first kappa shape index (κ1) is 9.62. The van der Waals surface area contributed by atoms with Crippen molar-refractivity contribution < 1.29 is 9.18 Å². The molecule has 72 valence electrons. The van der Waals surface area contributed by atoms with Crippen LogP contribution in [0.25, 0.3) is 10.1 Å². The van der Waals surface area contributed by atoms with E-state index in [0.29, 0.717) is 9.58 Å². The number of rotatable bonds is 2. The van der Waals surface area contributed by atoms with Crippen molar-refractivity contribution >= 4 is 39.3 Å². The van der Waals surface area contributed by atoms with Crippen molar-refractivity contribution in [2.45, 2.75) is 5.88 Å². The van der Waals surface area contributed by atoms with Crippen molar-refractivity contribution in [2.75, 3.05) is 0 Å². The van der Waals surface area contributed by atoms with Gasteiger partial charge in [0.1, 0.15) is 5.82 Å². The minimum absolute atomic E-state index is 0.277. The Morgan fingerprint density at radius 2 is 2.21 bits per heavy atom. The standard InChI is InChI=1S/C10H6ClFOS/c11-4-6-1-7-3-8(5-13)14-10(7)9(12)2-6/h1-3,5H,4H2. The quantitative estimate of drug-likeness (QED) is 0.567. The monoisotopic (exact) mass is 228 g/mol. The SMILES string of the molecule is O=Cc1cc2cc(CCl)cc(F)c2s1. The number of alkyl halides is 1. The van der Waals surface area contributed by atoms with Crippen molar-refractivity contribution in [1.82, 2.24) is 0 Å². The van der Waals surface area contributed by atoms with E-state index in [1.807, 2.05) is 0 Å². The predicted octanol–water partition coefficient (Wildman–Crippen LogP) is 3.59. The van der Waals surface area contributed by atoms with Crippen LogP contribution in [0.2, 0.25) is 0 Å². The normalized spacial score (nSPS) is 10.7. The van der Waals surface area contributed by atoms with Crippen LogP contribution >= 0.6 is 22.9 Å². The van der Waals surface area contributed by atoms with Gasteiger partial charge in [-0.1, -0.05) is 0 Å². The molecule has 0 radical (unpaired) electrons. The van der Waals surface area contributed by atoms with Gasteiger partial charge in [-0.25, -0.2) is 4.39 Å². The second kappa shape index (κ2) is 3.67. The van der Waals surface area contributed by atoms with Gasteiger partial charge < -0.3 is 0 Å². The summed E-state index contributed by atoms with van der Waals surface area (Å²) in [6.07, 6.45) is 0.727. The first-order valence-corrected chi connectivity index (χ1v) is 5.33. The van der Waals surface area contributed by atoms with E-state index >= 15 is 0 Å². The van der Waals surface area contributed by atoms with E-state index in [4.69, 9.17) is 11.6 Å². The lowest BCUT2D eigenvalue weighted by molar-refractivity contribution is 0.112. The molecule has 0 unspecified atom stereocenters. The Hall–Kier alpha value is -0.930. The third-order valence-electron chi connectivity index (χ3n) is 1.92. The summed E-state index contributed by atoms with van der Waals surface area (Å²) in [6.45, 7) is 0. The molecule has 4 heteroatoms. The second-order valence-electron chi connectivity index (χ2n) is 2.90. The van der Waals surface area contributed by atoms with Crippen LogP contribution < -0.4 is 0 Å². The third kappa shape index (κ3) is 1.53. The summed E-state index contributed by atoms with van der Waals surface area (Å²) in [7, 11) is 0. The van der Waals surface area contributed by atoms with Crippen molar-refractivity contribution in [3.05, 3.63) is 34.5 Å². The number of hydrogen-bond donors (Lipinski definition) is 0. The van der Waals surface area contributed by atoms with Gasteiger partial charge in [-0.3, -0.25) is 4.79 Å². The highest BCUT2D eigenvalue weighted by Crippen LogP contribution is 2.28. The van der Waals surface area contributed by atoms with Crippen molar-refractivity contribution in [3.8, 4) is 0 Å². The molecule has 1 nitrogen and oxygen atoms in total. The topological polar surface area (TPSA) is 17.1 Å². The number of benzene rings is 1. The van der Waals surface area contributed by atoms with Crippen LogP contribution in [0, 0.1) is 5.82 Å². The number of thiophene rings is 1. The van der Waals surface area contributed by atoms with E-state index in [2.05, 4.69) is 0 Å². The van der Waals surface area contributed by atoms with E-state index in [0.717, 1.165) is 28.6 Å². The number of fused-ring (bicyclic) bond motifs is 1. The zero-order chi connectivity index (χ0) is 10.1. The molecule has 0 saturated heterocycles. The molecule has 0 bridgehead atoms. The van der Waals surface area contributed by atoms with Gasteiger partial charge in [-0.2, -0.15) is 0 Å². The molecule has 0 amide bonds. The van der Waals surface area contributed by atoms with Crippen LogP contribution in [0.3, 0.4) is 0 Å². The number of carbonyl (C=O) groups is 1. The molecule has 0 spiro atoms. The van der Waals surface area contributed by atoms with Gasteiger partial charge in [0, 0.05) is 5.88 Å². The molecule has 1 aromatic heterocycles. The fourth-order valence-electron chi connectivity index (χ4n) is 1.32. The molecule has 0 aliphatic rings. The Labute approximate surface area is 89.1 Å². The van der Waals surface area contributed by atoms with Gasteiger partial charge in [-0.15, -0.1) is 22.9 Å². The maximum Gasteiger partial charge on any atom is 0.160 e. The van der Waals surface area contributed by atoms with Crippen molar-refractivity contribution in [3.63, 3.8) is 0 Å². The summed E-state index contributed by atoms with van der Waals surface area (Å²) in [5.41, 5.74) is 0.729. The Morgan fingerprint density at radius 3 is 2.86 bits per heavy atom. The zero-order valence-corrected chi connectivity index (χ0v) is 8.66. The first-order valence-electron chi connectivity index (χ1n) is 3.97. The van der Waals surface area contributed by atoms with Gasteiger partial charge in [-0.05, 0) is 29.1 Å². The maximum atomic E-state index is 13.4. The van der Waals surface area contributed by atoms with Crippen LogP contribution in [-0.4, -0.2) is 6.29 Å². The minimum atomic E-state index is -0.309. The first-order chi connectivity index (χ1) is 6.74. The van der Waals surface area contributed by atoms with Crippen LogP contribution in [-0.2, 0) is 5.88 Å². The third-order valence-corrected chi connectivity index (χ3v) is 3.31. The van der Waals surface area contributed by atoms with Crippen molar-refractivity contribution in [2.24, 2.45) is 0 Å². The number of aldehydes is 1. The summed E-state index contributed by atoms with van der Waals surface area (Å²) in [5.74, 6) is -0.0321. The minimum Gasteiger partial charge on any atom is -0.297 e. The smallest absolute Gasteiger partial charge is 0.160 e. The number of carbonyl (C=O) groups excluding carboxylic acids is 1. The predicted molar refractivity (Wildman–Crippen MR) is 56.7 cm³/mol. The molecule has 0 N–H and O–H groups in total. The van der Waals surface area contributed by atoms with Gasteiger partial charge in [0.2, 0.25) is 0 Å². The molecular weight excluding hydrogens is 223 g/mol. The van der Waals surface area contributed by atoms with Crippen LogP contribution in [0.4, 0.5) is 4.39 Å². The fourth-order valence-corrected chi connectivity index (χ4v) is 2.34. The zero-order valence-electron chi connectivity index (χ0n) is 7.09. The lowest BCUT2D eigenvalue weighted by Gasteiger charge is -1.96. The largest absolute Gasteiger partial charge is 0.297 e. The highest BCUT2D eigenvalue weighted by molar-refractivity contribution is 7.20. The molecule has 2 aromatic rings. The molecule has 14 heavy (non-hydrogen) atoms. The van der Waals surface area contributed by atoms with Crippen molar-refractivity contribution in [1.29, 1.82) is 0 Å². The molecule has 1 heterocycles. The molecular formula is C10H6ClFOS. The average Bonchev–Trinajstić information content (AvgIpc) is 2.61. The number of hydrogen-bond acceptors (Lipinski definition) is 2. The van der Waals surface area contributed by atoms with E-state index in [-0.39, 0.29) is 11.7 Å². The van der Waals surface area contributed by atoms with Gasteiger partial charge in [0.25, 0.3) is 0 Å².